The normalized spacial score (nSPS) is 11.5. The Balaban J connectivity index is 1.78. The number of carbonyl (C=O) groups is 1. The third-order valence-corrected chi connectivity index (χ3v) is 5.09. The number of carboxylic acids is 1. The van der Waals surface area contributed by atoms with Gasteiger partial charge in [0.25, 0.3) is 0 Å². The Hall–Kier alpha value is -2.70. The number of carbonyl (C=O) groups excluding carboxylic acids is 1. The topological polar surface area (TPSA) is 86.3 Å². The average Bonchev–Trinajstić information content (AvgIpc) is 2.60. The van der Waals surface area contributed by atoms with Crippen molar-refractivity contribution < 1.29 is 18.3 Å². The van der Waals surface area contributed by atoms with E-state index in [2.05, 4.69) is 4.72 Å². The summed E-state index contributed by atoms with van der Waals surface area (Å²) in [6, 6.07) is 18.3. The summed E-state index contributed by atoms with van der Waals surface area (Å²) >= 11 is 0. The molecule has 0 radical (unpaired) electrons. The zero-order valence-corrected chi connectivity index (χ0v) is 13.4. The molecule has 0 saturated carbocycles. The number of benzene rings is 3. The van der Waals surface area contributed by atoms with Gasteiger partial charge < -0.3 is 9.90 Å². The van der Waals surface area contributed by atoms with Gasteiger partial charge in [0.1, 0.15) is 0 Å². The molecule has 24 heavy (non-hydrogen) atoms. The maximum atomic E-state index is 12.4. The lowest BCUT2D eigenvalue weighted by molar-refractivity contribution is -0.255. The molecule has 0 aliphatic rings. The van der Waals surface area contributed by atoms with Gasteiger partial charge in [-0.05, 0) is 34.0 Å². The summed E-state index contributed by atoms with van der Waals surface area (Å²) < 4.78 is 27.3. The monoisotopic (exact) mass is 340 g/mol. The minimum Gasteiger partial charge on any atom is -0.545 e. The molecule has 3 aromatic carbocycles. The van der Waals surface area contributed by atoms with E-state index in [1.165, 1.54) is 12.1 Å². The van der Waals surface area contributed by atoms with E-state index in [0.717, 1.165) is 10.8 Å². The summed E-state index contributed by atoms with van der Waals surface area (Å²) in [5, 5.41) is 12.5. The number of carboxylic acid groups (broad SMARTS) is 1. The number of hydrogen-bond donors (Lipinski definition) is 1. The number of rotatable bonds is 5. The third-order valence-electron chi connectivity index (χ3n) is 3.69. The number of sulfonamides is 1. The van der Waals surface area contributed by atoms with E-state index in [9.17, 15) is 18.3 Å². The van der Waals surface area contributed by atoms with Crippen LogP contribution in [0, 0.1) is 0 Å². The molecule has 0 spiro atoms. The minimum atomic E-state index is -3.66. The van der Waals surface area contributed by atoms with E-state index < -0.39 is 16.0 Å². The first kappa shape index (κ1) is 16.2. The Morgan fingerprint density at radius 3 is 2.25 bits per heavy atom. The lowest BCUT2D eigenvalue weighted by Gasteiger charge is -2.09. The molecule has 1 N–H and O–H groups in total. The molecule has 0 aliphatic heterocycles. The molecule has 0 atom stereocenters. The molecule has 0 aliphatic carbocycles. The van der Waals surface area contributed by atoms with Gasteiger partial charge in [-0.2, -0.15) is 0 Å². The highest BCUT2D eigenvalue weighted by molar-refractivity contribution is 7.89. The Kier molecular flexibility index (Phi) is 4.33. The summed E-state index contributed by atoms with van der Waals surface area (Å²) in [6.45, 7) is 0.0719. The number of fused-ring (bicyclic) bond motifs is 1. The Morgan fingerprint density at radius 1 is 0.917 bits per heavy atom. The predicted octanol–water partition coefficient (Wildman–Crippen LogP) is 1.68. The number of aromatic carboxylic acids is 1. The van der Waals surface area contributed by atoms with Gasteiger partial charge in [-0.1, -0.05) is 54.6 Å². The molecular weight excluding hydrogens is 326 g/mol. The molecule has 122 valence electrons. The molecular formula is C18H14NO4S-. The molecule has 0 unspecified atom stereocenters. The summed E-state index contributed by atoms with van der Waals surface area (Å²) in [5.74, 6) is -1.27. The molecule has 0 heterocycles. The van der Waals surface area contributed by atoms with Gasteiger partial charge in [0.2, 0.25) is 10.0 Å². The molecule has 0 saturated heterocycles. The van der Waals surface area contributed by atoms with Crippen molar-refractivity contribution in [2.45, 2.75) is 11.4 Å². The fourth-order valence-corrected chi connectivity index (χ4v) is 3.41. The molecule has 3 aromatic rings. The van der Waals surface area contributed by atoms with E-state index in [4.69, 9.17) is 0 Å². The first-order chi connectivity index (χ1) is 11.5. The SMILES string of the molecule is O=C([O-])c1ccc(CNS(=O)(=O)c2ccc3ccccc3c2)cc1. The summed E-state index contributed by atoms with van der Waals surface area (Å²) in [4.78, 5) is 10.9. The molecule has 0 aromatic heterocycles. The van der Waals surface area contributed by atoms with E-state index in [-0.39, 0.29) is 17.0 Å². The van der Waals surface area contributed by atoms with Gasteiger partial charge in [0.05, 0.1) is 10.9 Å². The molecule has 3 rings (SSSR count). The van der Waals surface area contributed by atoms with Crippen LogP contribution in [0.4, 0.5) is 0 Å². The van der Waals surface area contributed by atoms with Crippen molar-refractivity contribution in [3.8, 4) is 0 Å². The van der Waals surface area contributed by atoms with Crippen molar-refractivity contribution in [1.29, 1.82) is 0 Å². The Morgan fingerprint density at radius 2 is 1.58 bits per heavy atom. The highest BCUT2D eigenvalue weighted by atomic mass is 32.2. The van der Waals surface area contributed by atoms with Crippen LogP contribution >= 0.6 is 0 Å². The smallest absolute Gasteiger partial charge is 0.240 e. The fourth-order valence-electron chi connectivity index (χ4n) is 2.35. The lowest BCUT2D eigenvalue weighted by Crippen LogP contribution is -2.24. The second kappa shape index (κ2) is 6.43. The maximum Gasteiger partial charge on any atom is 0.240 e. The zero-order valence-electron chi connectivity index (χ0n) is 12.6. The van der Waals surface area contributed by atoms with Crippen molar-refractivity contribution in [1.82, 2.24) is 4.72 Å². The van der Waals surface area contributed by atoms with Gasteiger partial charge in [0, 0.05) is 6.54 Å². The summed E-state index contributed by atoms with van der Waals surface area (Å²) in [6.07, 6.45) is 0. The highest BCUT2D eigenvalue weighted by Gasteiger charge is 2.14. The average molecular weight is 340 g/mol. The third kappa shape index (κ3) is 3.45. The van der Waals surface area contributed by atoms with Crippen LogP contribution in [0.2, 0.25) is 0 Å². The summed E-state index contributed by atoms with van der Waals surface area (Å²) in [5.41, 5.74) is 0.709. The van der Waals surface area contributed by atoms with Gasteiger partial charge in [-0.15, -0.1) is 0 Å². The molecule has 0 bridgehead atoms. The van der Waals surface area contributed by atoms with Crippen LogP contribution in [0.3, 0.4) is 0 Å². The van der Waals surface area contributed by atoms with Crippen molar-refractivity contribution in [3.63, 3.8) is 0 Å². The van der Waals surface area contributed by atoms with Gasteiger partial charge >= 0.3 is 0 Å². The summed E-state index contributed by atoms with van der Waals surface area (Å²) in [7, 11) is -3.66. The van der Waals surface area contributed by atoms with Crippen molar-refractivity contribution >= 4 is 26.8 Å². The van der Waals surface area contributed by atoms with Crippen LogP contribution in [0.25, 0.3) is 10.8 Å². The van der Waals surface area contributed by atoms with E-state index in [1.807, 2.05) is 24.3 Å². The molecule has 0 amide bonds. The van der Waals surface area contributed by atoms with Gasteiger partial charge in [0.15, 0.2) is 0 Å². The van der Waals surface area contributed by atoms with E-state index in [1.54, 1.807) is 30.3 Å². The first-order valence-corrected chi connectivity index (χ1v) is 8.73. The Labute approximate surface area is 139 Å². The second-order valence-electron chi connectivity index (χ2n) is 5.32. The highest BCUT2D eigenvalue weighted by Crippen LogP contribution is 2.19. The quantitative estimate of drug-likeness (QED) is 0.766. The molecule has 6 heteroatoms. The second-order valence-corrected chi connectivity index (χ2v) is 7.08. The van der Waals surface area contributed by atoms with E-state index in [0.29, 0.717) is 5.56 Å². The largest absolute Gasteiger partial charge is 0.545 e. The fraction of sp³-hybridized carbons (Fsp3) is 0.0556. The zero-order chi connectivity index (χ0) is 17.2. The van der Waals surface area contributed by atoms with Crippen LogP contribution in [-0.2, 0) is 16.6 Å². The molecule has 0 fully saturated rings. The van der Waals surface area contributed by atoms with Crippen molar-refractivity contribution in [2.75, 3.05) is 0 Å². The standard InChI is InChI=1S/C18H15NO4S/c20-18(21)15-7-5-13(6-8-15)12-19-24(22,23)17-10-9-14-3-1-2-4-16(14)11-17/h1-11,19H,12H2,(H,20,21)/p-1. The number of hydrogen-bond acceptors (Lipinski definition) is 4. The maximum absolute atomic E-state index is 12.4. The van der Waals surface area contributed by atoms with Crippen LogP contribution in [-0.4, -0.2) is 14.4 Å². The Bertz CT molecular complexity index is 995. The van der Waals surface area contributed by atoms with Crippen LogP contribution in [0.1, 0.15) is 15.9 Å². The minimum absolute atomic E-state index is 0.0520. The van der Waals surface area contributed by atoms with Crippen molar-refractivity contribution in [3.05, 3.63) is 77.9 Å². The molecule has 5 nitrogen and oxygen atoms in total. The van der Waals surface area contributed by atoms with Crippen molar-refractivity contribution in [2.24, 2.45) is 0 Å². The lowest BCUT2D eigenvalue weighted by atomic mass is 10.1. The van der Waals surface area contributed by atoms with Gasteiger partial charge in [-0.25, -0.2) is 13.1 Å². The van der Waals surface area contributed by atoms with Gasteiger partial charge in [-0.3, -0.25) is 0 Å². The predicted molar refractivity (Wildman–Crippen MR) is 88.7 cm³/mol. The van der Waals surface area contributed by atoms with Crippen LogP contribution in [0.5, 0.6) is 0 Å². The van der Waals surface area contributed by atoms with E-state index >= 15 is 0 Å². The number of nitrogens with one attached hydrogen (secondary N) is 1. The van der Waals surface area contributed by atoms with Crippen LogP contribution in [0.15, 0.2) is 71.6 Å². The van der Waals surface area contributed by atoms with Crippen LogP contribution < -0.4 is 9.83 Å². The first-order valence-electron chi connectivity index (χ1n) is 7.24.